The van der Waals surface area contributed by atoms with Crippen LogP contribution < -0.4 is 56.9 Å². The summed E-state index contributed by atoms with van der Waals surface area (Å²) in [5, 5.41) is 14.4. The molecule has 2 spiro atoms. The first kappa shape index (κ1) is 67.9. The molecule has 6 N–H and O–H groups in total. The van der Waals surface area contributed by atoms with Gasteiger partial charge < -0.3 is 64.9 Å². The molecule has 6 aromatic rings. The molecule has 19 nitrogen and oxygen atoms in total. The lowest BCUT2D eigenvalue weighted by Crippen LogP contribution is -2.55. The number of anilines is 9. The number of nitrogen functional groups attached to an aromatic ring is 1. The monoisotopic (exact) mass is 1280 g/mol. The first-order valence-corrected chi connectivity index (χ1v) is 36.1. The van der Waals surface area contributed by atoms with E-state index in [1.165, 1.54) is 61.5 Å². The quantitative estimate of drug-likeness (QED) is 0.0278. The Morgan fingerprint density at radius 2 is 1.11 bits per heavy atom. The molecule has 0 bridgehead atoms. The van der Waals surface area contributed by atoms with Crippen LogP contribution in [0.3, 0.4) is 0 Å². The van der Waals surface area contributed by atoms with Crippen molar-refractivity contribution in [2.24, 2.45) is 16.7 Å². The number of carbonyl (C=O) groups is 2. The highest BCUT2D eigenvalue weighted by atomic mass is 35.5. The van der Waals surface area contributed by atoms with Gasteiger partial charge in [-0.05, 0) is 234 Å². The number of nitrogens with one attached hydrogen (secondary N) is 4. The third-order valence-electron chi connectivity index (χ3n) is 16.8. The second kappa shape index (κ2) is 28.0. The van der Waals surface area contributed by atoms with Crippen molar-refractivity contribution >= 4 is 100 Å². The summed E-state index contributed by atoms with van der Waals surface area (Å²) < 4.78 is 46.7. The van der Waals surface area contributed by atoms with Crippen molar-refractivity contribution in [2.75, 3.05) is 98.5 Å². The summed E-state index contributed by atoms with van der Waals surface area (Å²) in [6.07, 6.45) is 12.4. The molecule has 4 heterocycles. The zero-order chi connectivity index (χ0) is 64.7. The van der Waals surface area contributed by atoms with E-state index in [4.69, 9.17) is 36.3 Å². The van der Waals surface area contributed by atoms with E-state index in [0.717, 1.165) is 79.5 Å². The van der Waals surface area contributed by atoms with E-state index in [9.17, 15) is 18.7 Å². The summed E-state index contributed by atoms with van der Waals surface area (Å²) in [6.45, 7) is 26.8. The molecule has 22 heteroatoms. The third-order valence-corrected chi connectivity index (χ3v) is 20.1. The Morgan fingerprint density at radius 3 is 1.60 bits per heavy atom. The largest absolute Gasteiger partial charge is 0.491 e. The highest BCUT2D eigenvalue weighted by Crippen LogP contribution is 2.55. The molecule has 2 aromatic heterocycles. The molecule has 89 heavy (non-hydrogen) atoms. The number of nitrogens with zero attached hydrogens (tertiary/aromatic N) is 6. The number of para-hydroxylation sites is 2. The van der Waals surface area contributed by atoms with Gasteiger partial charge in [-0.1, -0.05) is 24.3 Å². The standard InChI is InChI=1S/C33H45N6O4P.C21H32N2O2.C13H15ClN3O2P/c1-22-18-23(35-30-34-21-27(42-5)29(38-30)37-25-10-8-9-11-28(25)44(6,7)41)12-13-26(22)39-16-14-33(15-17-39)19-24(20-33)36-31(40)43-32(2,3)4;1-15-11-17(22)5-6-18(15)23-9-7-21(8-10-23)13-16(14-21)12-19(24)25-20(2,3)4;1-19-10-8-15-13(14)17-12(10)16-9-6-4-5-7-11(9)20(2,3)18/h8-13,18,21,24H,14-17,19-20H2,1-7H3,(H,36,40)(H2,34,35,37,38);5-6,11,16H,7-10,12-14,22H2,1-4H3;4-8H,1-3H3,(H,15,16,17). The highest BCUT2D eigenvalue weighted by Gasteiger charge is 2.48. The molecule has 4 aromatic carbocycles. The molecule has 1 amide bonds. The number of ether oxygens (including phenoxy) is 4. The molecule has 0 unspecified atom stereocenters. The number of hydrogen-bond acceptors (Lipinski definition) is 18. The van der Waals surface area contributed by atoms with E-state index in [0.29, 0.717) is 57.9 Å². The van der Waals surface area contributed by atoms with Crippen LogP contribution in [0.15, 0.2) is 97.3 Å². The molecule has 4 fully saturated rings. The Hall–Kier alpha value is -7.07. The zero-order valence-corrected chi connectivity index (χ0v) is 56.9. The smallest absolute Gasteiger partial charge is 0.407 e. The number of carbonyl (C=O) groups excluding carboxylic acids is 2. The maximum Gasteiger partial charge on any atom is 0.407 e. The summed E-state index contributed by atoms with van der Waals surface area (Å²) in [6, 6.07) is 27.6. The van der Waals surface area contributed by atoms with Crippen LogP contribution in [0.4, 0.5) is 56.5 Å². The van der Waals surface area contributed by atoms with E-state index in [1.807, 2.05) is 96.1 Å². The molecule has 10 rings (SSSR count). The fourth-order valence-corrected chi connectivity index (χ4v) is 15.1. The van der Waals surface area contributed by atoms with Gasteiger partial charge in [0, 0.05) is 72.0 Å². The molecule has 0 atom stereocenters. The number of hydrogen-bond donors (Lipinski definition) is 5. The fourth-order valence-electron chi connectivity index (χ4n) is 12.6. The van der Waals surface area contributed by atoms with Gasteiger partial charge >= 0.3 is 12.1 Å². The molecule has 2 aliphatic heterocycles. The van der Waals surface area contributed by atoms with Crippen molar-refractivity contribution in [2.45, 2.75) is 130 Å². The Morgan fingerprint density at radius 1 is 0.640 bits per heavy atom. The molecule has 480 valence electrons. The van der Waals surface area contributed by atoms with Crippen molar-refractivity contribution in [3.05, 3.63) is 114 Å². The van der Waals surface area contributed by atoms with E-state index >= 15 is 0 Å². The van der Waals surface area contributed by atoms with Gasteiger partial charge in [-0.15, -0.1) is 0 Å². The maximum atomic E-state index is 12.9. The van der Waals surface area contributed by atoms with E-state index < -0.39 is 19.9 Å². The second-order valence-corrected chi connectivity index (χ2v) is 33.8. The lowest BCUT2D eigenvalue weighted by atomic mass is 9.57. The summed E-state index contributed by atoms with van der Waals surface area (Å²) in [4.78, 5) is 46.2. The normalized spacial score (nSPS) is 16.5. The minimum atomic E-state index is -2.51. The van der Waals surface area contributed by atoms with Gasteiger partial charge in [0.15, 0.2) is 23.1 Å². The molecule has 0 radical (unpaired) electrons. The molecule has 4 aliphatic rings. The Balaban J connectivity index is 0.000000191. The van der Waals surface area contributed by atoms with Crippen molar-refractivity contribution < 1.29 is 37.7 Å². The molecule has 2 saturated carbocycles. The summed E-state index contributed by atoms with van der Waals surface area (Å²) in [7, 11) is -1.83. The second-order valence-electron chi connectivity index (χ2n) is 27.1. The number of aryl methyl sites for hydroxylation is 2. The van der Waals surface area contributed by atoms with Crippen LogP contribution in [0.2, 0.25) is 5.28 Å². The molecular weight excluding hydrogens is 1180 g/mol. The number of piperidine rings is 2. The van der Waals surface area contributed by atoms with Crippen LogP contribution >= 0.6 is 25.9 Å². The van der Waals surface area contributed by atoms with Crippen LogP contribution in [-0.2, 0) is 23.4 Å². The van der Waals surface area contributed by atoms with Crippen LogP contribution in [-0.4, -0.2) is 116 Å². The predicted octanol–water partition coefficient (Wildman–Crippen LogP) is 14.2. The number of esters is 1. The zero-order valence-electron chi connectivity index (χ0n) is 54.4. The first-order chi connectivity index (χ1) is 41.8. The van der Waals surface area contributed by atoms with Crippen molar-refractivity contribution in [1.82, 2.24) is 25.3 Å². The number of benzene rings is 4. The van der Waals surface area contributed by atoms with E-state index in [-0.39, 0.29) is 29.0 Å². The predicted molar refractivity (Wildman–Crippen MR) is 363 cm³/mol. The van der Waals surface area contributed by atoms with Gasteiger partial charge in [0.2, 0.25) is 11.2 Å². The average Bonchev–Trinajstić information content (AvgIpc) is 0.948. The minimum absolute atomic E-state index is 0.0396. The summed E-state index contributed by atoms with van der Waals surface area (Å²) in [5.41, 5.74) is 13.9. The van der Waals surface area contributed by atoms with Gasteiger partial charge in [-0.25, -0.2) is 14.8 Å². The number of nitrogens with two attached hydrogens (primary N) is 1. The Kier molecular flexibility index (Phi) is 21.3. The summed E-state index contributed by atoms with van der Waals surface area (Å²) in [5.74, 6) is 2.77. The van der Waals surface area contributed by atoms with Crippen molar-refractivity contribution in [3.63, 3.8) is 0 Å². The third kappa shape index (κ3) is 18.5. The number of rotatable bonds is 15. The van der Waals surface area contributed by atoms with Gasteiger partial charge in [0.25, 0.3) is 0 Å². The van der Waals surface area contributed by atoms with Crippen molar-refractivity contribution in [3.8, 4) is 11.5 Å². The van der Waals surface area contributed by atoms with Crippen LogP contribution in [0.25, 0.3) is 0 Å². The van der Waals surface area contributed by atoms with Gasteiger partial charge in [-0.3, -0.25) is 4.79 Å². The van der Waals surface area contributed by atoms with Gasteiger partial charge in [0.1, 0.15) is 25.5 Å². The maximum absolute atomic E-state index is 12.9. The summed E-state index contributed by atoms with van der Waals surface area (Å²) >= 11 is 5.80. The van der Waals surface area contributed by atoms with E-state index in [2.05, 4.69) is 95.2 Å². The first-order valence-electron chi connectivity index (χ1n) is 30.6. The SMILES string of the molecule is COc1cnc(Cl)nc1Nc1ccccc1P(C)(C)=O.COc1cnc(Nc2ccc(N3CCC4(CC3)CC(NC(=O)OC(C)(C)C)C4)c(C)c2)nc1Nc1ccccc1P(C)(C)=O.Cc1cc(N)ccc1N1CCC2(CC1)CC(CC(=O)OC(C)(C)C)C2. The number of alkyl carbamates (subject to hydrolysis) is 1. The van der Waals surface area contributed by atoms with Crippen LogP contribution in [0, 0.1) is 30.6 Å². The number of halogens is 1. The van der Waals surface area contributed by atoms with Crippen molar-refractivity contribution in [1.29, 1.82) is 0 Å². The highest BCUT2D eigenvalue weighted by molar-refractivity contribution is 7.70. The topological polar surface area (TPSA) is 237 Å². The Labute approximate surface area is 531 Å². The molecular formula is C67H92ClN11O8P2. The van der Waals surface area contributed by atoms with Gasteiger partial charge in [-0.2, -0.15) is 9.97 Å². The lowest BCUT2D eigenvalue weighted by molar-refractivity contribution is -0.158. The van der Waals surface area contributed by atoms with E-state index in [1.54, 1.807) is 40.0 Å². The number of methoxy groups -OCH3 is 2. The van der Waals surface area contributed by atoms with Crippen LogP contribution in [0.1, 0.15) is 110 Å². The fraction of sp³-hybridized carbons (Fsp3) is 0.493. The van der Waals surface area contributed by atoms with Crippen LogP contribution in [0.5, 0.6) is 11.5 Å². The van der Waals surface area contributed by atoms with Gasteiger partial charge in [0.05, 0.1) is 38.0 Å². The number of aromatic nitrogens is 4. The Bertz CT molecular complexity index is 3550. The molecule has 2 saturated heterocycles. The average molecular weight is 1280 g/mol. The molecule has 2 aliphatic carbocycles. The minimum Gasteiger partial charge on any atom is -0.491 e. The lowest BCUT2D eigenvalue weighted by Gasteiger charge is -2.52. The number of amides is 1.